The highest BCUT2D eigenvalue weighted by atomic mass is 16.7. The first kappa shape index (κ1) is 11.8. The van der Waals surface area contributed by atoms with Crippen LogP contribution in [0.15, 0.2) is 0 Å². The topological polar surface area (TPSA) is 47.6 Å². The number of hydrogen-bond donors (Lipinski definition) is 0. The SMILES string of the molecule is CCOC(CCOCC[O])OC. The van der Waals surface area contributed by atoms with Gasteiger partial charge in [0.2, 0.25) is 0 Å². The zero-order valence-electron chi connectivity index (χ0n) is 7.75. The summed E-state index contributed by atoms with van der Waals surface area (Å²) in [6, 6.07) is 0. The summed E-state index contributed by atoms with van der Waals surface area (Å²) in [5, 5.41) is 9.98. The van der Waals surface area contributed by atoms with Crippen molar-refractivity contribution in [2.45, 2.75) is 19.6 Å². The molecule has 0 saturated carbocycles. The third kappa shape index (κ3) is 6.54. The van der Waals surface area contributed by atoms with Crippen LogP contribution in [0.2, 0.25) is 0 Å². The molecular formula is C8H17O4. The molecule has 0 aromatic carbocycles. The van der Waals surface area contributed by atoms with Gasteiger partial charge in [-0.15, -0.1) is 0 Å². The Labute approximate surface area is 73.4 Å². The van der Waals surface area contributed by atoms with Crippen molar-refractivity contribution in [1.29, 1.82) is 0 Å². The molecule has 0 rings (SSSR count). The van der Waals surface area contributed by atoms with E-state index < -0.39 is 0 Å². The molecule has 1 atom stereocenters. The lowest BCUT2D eigenvalue weighted by Crippen LogP contribution is -2.18. The number of hydrogen-bond acceptors (Lipinski definition) is 3. The fourth-order valence-electron chi connectivity index (χ4n) is 0.796. The molecule has 0 aromatic heterocycles. The molecule has 0 aromatic rings. The Kier molecular flexibility index (Phi) is 8.81. The highest BCUT2D eigenvalue weighted by molar-refractivity contribution is 4.42. The van der Waals surface area contributed by atoms with Gasteiger partial charge in [-0.1, -0.05) is 0 Å². The van der Waals surface area contributed by atoms with E-state index in [4.69, 9.17) is 14.2 Å². The monoisotopic (exact) mass is 177 g/mol. The summed E-state index contributed by atoms with van der Waals surface area (Å²) >= 11 is 0. The van der Waals surface area contributed by atoms with E-state index >= 15 is 0 Å². The Hall–Kier alpha value is -0.160. The maximum Gasteiger partial charge on any atom is 0.159 e. The molecule has 0 saturated heterocycles. The molecule has 1 radical (unpaired) electrons. The lowest BCUT2D eigenvalue weighted by molar-refractivity contribution is -0.132. The maximum absolute atomic E-state index is 9.98. The van der Waals surface area contributed by atoms with Crippen LogP contribution in [-0.4, -0.2) is 39.8 Å². The summed E-state index contributed by atoms with van der Waals surface area (Å²) in [6.45, 7) is 3.13. The van der Waals surface area contributed by atoms with Gasteiger partial charge in [-0.05, 0) is 6.92 Å². The van der Waals surface area contributed by atoms with Crippen molar-refractivity contribution in [3.63, 3.8) is 0 Å². The van der Waals surface area contributed by atoms with Gasteiger partial charge in [0.15, 0.2) is 6.29 Å². The molecule has 0 aliphatic heterocycles. The second kappa shape index (κ2) is 8.93. The van der Waals surface area contributed by atoms with E-state index in [1.807, 2.05) is 6.92 Å². The van der Waals surface area contributed by atoms with Gasteiger partial charge >= 0.3 is 0 Å². The largest absolute Gasteiger partial charge is 0.379 e. The Morgan fingerprint density at radius 2 is 2.08 bits per heavy atom. The van der Waals surface area contributed by atoms with Crippen molar-refractivity contribution in [1.82, 2.24) is 0 Å². The van der Waals surface area contributed by atoms with Crippen LogP contribution in [0.1, 0.15) is 13.3 Å². The van der Waals surface area contributed by atoms with Crippen LogP contribution >= 0.6 is 0 Å². The fraction of sp³-hybridized carbons (Fsp3) is 1.00. The summed E-state index contributed by atoms with van der Waals surface area (Å²) in [5.74, 6) is 0. The van der Waals surface area contributed by atoms with Crippen molar-refractivity contribution in [3.8, 4) is 0 Å². The van der Waals surface area contributed by atoms with Crippen molar-refractivity contribution >= 4 is 0 Å². The molecule has 4 nitrogen and oxygen atoms in total. The van der Waals surface area contributed by atoms with E-state index in [0.717, 1.165) is 0 Å². The normalized spacial score (nSPS) is 13.2. The van der Waals surface area contributed by atoms with Crippen molar-refractivity contribution in [2.24, 2.45) is 0 Å². The van der Waals surface area contributed by atoms with E-state index in [0.29, 0.717) is 19.6 Å². The second-order valence-corrected chi connectivity index (χ2v) is 2.23. The minimum Gasteiger partial charge on any atom is -0.379 e. The minimum atomic E-state index is -0.207. The van der Waals surface area contributed by atoms with Gasteiger partial charge in [0.1, 0.15) is 6.61 Å². The predicted octanol–water partition coefficient (Wildman–Crippen LogP) is 0.833. The van der Waals surface area contributed by atoms with Crippen LogP contribution in [0.25, 0.3) is 0 Å². The standard InChI is InChI=1S/C8H17O4/c1-3-12-8(10-2)4-6-11-7-5-9/h8H,3-7H2,1-2H3. The first-order valence-electron chi connectivity index (χ1n) is 4.15. The van der Waals surface area contributed by atoms with Gasteiger partial charge < -0.3 is 14.2 Å². The molecule has 0 spiro atoms. The predicted molar refractivity (Wildman–Crippen MR) is 43.4 cm³/mol. The molecule has 0 bridgehead atoms. The third-order valence-electron chi connectivity index (χ3n) is 1.34. The highest BCUT2D eigenvalue weighted by Gasteiger charge is 2.04. The minimum absolute atomic E-state index is 0.188. The van der Waals surface area contributed by atoms with Gasteiger partial charge in [-0.3, -0.25) is 0 Å². The van der Waals surface area contributed by atoms with E-state index in [1.54, 1.807) is 7.11 Å². The zero-order valence-corrected chi connectivity index (χ0v) is 7.75. The number of rotatable bonds is 8. The van der Waals surface area contributed by atoms with Gasteiger partial charge in [0, 0.05) is 20.1 Å². The first-order chi connectivity index (χ1) is 5.85. The van der Waals surface area contributed by atoms with Gasteiger partial charge in [0.05, 0.1) is 13.2 Å². The van der Waals surface area contributed by atoms with Crippen LogP contribution < -0.4 is 0 Å². The van der Waals surface area contributed by atoms with Crippen LogP contribution in [0.5, 0.6) is 0 Å². The fourth-order valence-corrected chi connectivity index (χ4v) is 0.796. The van der Waals surface area contributed by atoms with Crippen LogP contribution in [-0.2, 0) is 19.3 Å². The Bertz CT molecular complexity index is 87.1. The summed E-state index contributed by atoms with van der Waals surface area (Å²) in [4.78, 5) is 0. The van der Waals surface area contributed by atoms with Crippen LogP contribution in [0, 0.1) is 0 Å². The van der Waals surface area contributed by atoms with Crippen LogP contribution in [0.4, 0.5) is 0 Å². The van der Waals surface area contributed by atoms with Crippen molar-refractivity contribution in [2.75, 3.05) is 33.5 Å². The average Bonchev–Trinajstić information content (AvgIpc) is 2.10. The molecule has 73 valence electrons. The van der Waals surface area contributed by atoms with Crippen LogP contribution in [0.3, 0.4) is 0 Å². The van der Waals surface area contributed by atoms with Crippen molar-refractivity contribution < 1.29 is 19.3 Å². The molecule has 4 heteroatoms. The first-order valence-corrected chi connectivity index (χ1v) is 4.15. The van der Waals surface area contributed by atoms with E-state index in [9.17, 15) is 5.11 Å². The Morgan fingerprint density at radius 1 is 1.33 bits per heavy atom. The molecule has 0 fully saturated rings. The number of ether oxygens (including phenoxy) is 3. The van der Waals surface area contributed by atoms with E-state index in [-0.39, 0.29) is 19.5 Å². The molecule has 0 N–H and O–H groups in total. The molecule has 12 heavy (non-hydrogen) atoms. The maximum atomic E-state index is 9.98. The zero-order chi connectivity index (χ0) is 9.23. The van der Waals surface area contributed by atoms with Gasteiger partial charge in [0.25, 0.3) is 0 Å². The van der Waals surface area contributed by atoms with Gasteiger partial charge in [-0.25, -0.2) is 5.11 Å². The molecular weight excluding hydrogens is 160 g/mol. The summed E-state index contributed by atoms with van der Waals surface area (Å²) in [6.07, 6.45) is 0.464. The quantitative estimate of drug-likeness (QED) is 0.407. The highest BCUT2D eigenvalue weighted by Crippen LogP contribution is 1.99. The smallest absolute Gasteiger partial charge is 0.159 e. The summed E-state index contributed by atoms with van der Waals surface area (Å²) in [7, 11) is 1.59. The van der Waals surface area contributed by atoms with E-state index in [1.165, 1.54) is 0 Å². The van der Waals surface area contributed by atoms with Gasteiger partial charge in [-0.2, -0.15) is 0 Å². The second-order valence-electron chi connectivity index (χ2n) is 2.23. The summed E-state index contributed by atoms with van der Waals surface area (Å²) in [5.41, 5.74) is 0. The third-order valence-corrected chi connectivity index (χ3v) is 1.34. The van der Waals surface area contributed by atoms with E-state index in [2.05, 4.69) is 0 Å². The molecule has 0 aliphatic carbocycles. The lowest BCUT2D eigenvalue weighted by atomic mass is 10.4. The average molecular weight is 177 g/mol. The molecule has 0 aliphatic rings. The number of methoxy groups -OCH3 is 1. The van der Waals surface area contributed by atoms with Crippen molar-refractivity contribution in [3.05, 3.63) is 0 Å². The molecule has 0 heterocycles. The molecule has 1 unspecified atom stereocenters. The lowest BCUT2D eigenvalue weighted by Gasteiger charge is -2.14. The Balaban J connectivity index is 3.19. The Morgan fingerprint density at radius 3 is 2.58 bits per heavy atom. The summed E-state index contributed by atoms with van der Waals surface area (Å²) < 4.78 is 15.2. The molecule has 0 amide bonds.